The molecule has 0 atom stereocenters. The number of nitrogens with zero attached hydrogens (tertiary/aromatic N) is 1. The van der Waals surface area contributed by atoms with Gasteiger partial charge in [-0.25, -0.2) is 4.98 Å². The van der Waals surface area contributed by atoms with Gasteiger partial charge in [0.05, 0.1) is 10.0 Å². The molecule has 0 bridgehead atoms. The van der Waals surface area contributed by atoms with Gasteiger partial charge in [-0.15, -0.1) is 22.7 Å². The minimum atomic E-state index is 0.860. The number of hydrogen-bond donors (Lipinski definition) is 1. The van der Waals surface area contributed by atoms with E-state index in [0.29, 0.717) is 0 Å². The first-order chi connectivity index (χ1) is 8.15. The first kappa shape index (κ1) is 13.0. The summed E-state index contributed by atoms with van der Waals surface area (Å²) < 4.78 is 0.867. The third kappa shape index (κ3) is 3.78. The van der Waals surface area contributed by atoms with Crippen molar-refractivity contribution >= 4 is 34.3 Å². The Morgan fingerprint density at radius 1 is 1.29 bits per heavy atom. The van der Waals surface area contributed by atoms with Gasteiger partial charge in [-0.1, -0.05) is 11.6 Å². The molecule has 0 aliphatic heterocycles. The van der Waals surface area contributed by atoms with Gasteiger partial charge in [-0.2, -0.15) is 0 Å². The van der Waals surface area contributed by atoms with E-state index in [1.165, 1.54) is 14.8 Å². The van der Waals surface area contributed by atoms with E-state index in [4.69, 9.17) is 11.6 Å². The fourth-order valence-electron chi connectivity index (χ4n) is 1.51. The summed E-state index contributed by atoms with van der Waals surface area (Å²) in [6.45, 7) is 6.00. The summed E-state index contributed by atoms with van der Waals surface area (Å²) in [5.41, 5.74) is 1.15. The molecule has 0 aliphatic rings. The molecule has 0 saturated carbocycles. The Morgan fingerprint density at radius 2 is 2.12 bits per heavy atom. The third-order valence-corrected chi connectivity index (χ3v) is 4.89. The smallest absolute Gasteiger partial charge is 0.107 e. The number of aromatic nitrogens is 1. The molecular formula is C12H15ClN2S2. The Morgan fingerprint density at radius 3 is 2.71 bits per heavy atom. The Balaban J connectivity index is 1.73. The Bertz CT molecular complexity index is 471. The van der Waals surface area contributed by atoms with Crippen LogP contribution >= 0.6 is 34.3 Å². The van der Waals surface area contributed by atoms with Gasteiger partial charge in [-0.05, 0) is 32.4 Å². The number of thiazole rings is 1. The van der Waals surface area contributed by atoms with E-state index in [1.54, 1.807) is 22.7 Å². The normalized spacial score (nSPS) is 11.0. The maximum Gasteiger partial charge on any atom is 0.107 e. The number of halogens is 1. The number of aryl methyl sites for hydroxylation is 2. The first-order valence-corrected chi connectivity index (χ1v) is 7.54. The lowest BCUT2D eigenvalue weighted by Gasteiger charge is -2.00. The molecule has 0 amide bonds. The largest absolute Gasteiger partial charge is 0.310 e. The van der Waals surface area contributed by atoms with Crippen LogP contribution < -0.4 is 5.32 Å². The van der Waals surface area contributed by atoms with E-state index in [-0.39, 0.29) is 0 Å². The van der Waals surface area contributed by atoms with Gasteiger partial charge in [0.25, 0.3) is 0 Å². The molecule has 0 spiro atoms. The lowest BCUT2D eigenvalue weighted by Crippen LogP contribution is -2.16. The second-order valence-corrected chi connectivity index (χ2v) is 6.97. The molecule has 2 heterocycles. The van der Waals surface area contributed by atoms with Crippen molar-refractivity contribution in [3.05, 3.63) is 36.9 Å². The van der Waals surface area contributed by atoms with E-state index in [2.05, 4.69) is 30.2 Å². The third-order valence-electron chi connectivity index (χ3n) is 2.53. The van der Waals surface area contributed by atoms with Gasteiger partial charge in [-0.3, -0.25) is 0 Å². The van der Waals surface area contributed by atoms with Crippen LogP contribution in [0.2, 0.25) is 4.34 Å². The van der Waals surface area contributed by atoms with Gasteiger partial charge in [0.2, 0.25) is 0 Å². The zero-order chi connectivity index (χ0) is 12.3. The van der Waals surface area contributed by atoms with Crippen molar-refractivity contribution in [3.63, 3.8) is 0 Å². The van der Waals surface area contributed by atoms with Crippen molar-refractivity contribution in [2.75, 3.05) is 6.54 Å². The number of thiophene rings is 1. The summed E-state index contributed by atoms with van der Waals surface area (Å²) in [6.07, 6.45) is 1.03. The van der Waals surface area contributed by atoms with Crippen molar-refractivity contribution in [3.8, 4) is 0 Å². The van der Waals surface area contributed by atoms with E-state index >= 15 is 0 Å². The van der Waals surface area contributed by atoms with Gasteiger partial charge < -0.3 is 5.32 Å². The molecule has 2 aromatic heterocycles. The Hall–Kier alpha value is -0.420. The average molecular weight is 287 g/mol. The van der Waals surface area contributed by atoms with Crippen molar-refractivity contribution in [2.45, 2.75) is 26.8 Å². The predicted molar refractivity (Wildman–Crippen MR) is 76.3 cm³/mol. The SMILES string of the molecule is Cc1nc(CNCCc2ccc(Cl)s2)sc1C. The molecular weight excluding hydrogens is 272 g/mol. The standard InChI is InChI=1S/C12H15ClN2S2/c1-8-9(2)16-12(15-8)7-14-6-5-10-3-4-11(13)17-10/h3-4,14H,5-7H2,1-2H3. The maximum atomic E-state index is 5.88. The highest BCUT2D eigenvalue weighted by Crippen LogP contribution is 2.21. The molecule has 0 unspecified atom stereocenters. The van der Waals surface area contributed by atoms with Crippen LogP contribution in [0.25, 0.3) is 0 Å². The minimum Gasteiger partial charge on any atom is -0.310 e. The van der Waals surface area contributed by atoms with Gasteiger partial charge in [0, 0.05) is 22.8 Å². The van der Waals surface area contributed by atoms with Crippen molar-refractivity contribution in [2.24, 2.45) is 0 Å². The zero-order valence-electron chi connectivity index (χ0n) is 9.92. The predicted octanol–water partition coefficient (Wildman–Crippen LogP) is 3.81. The van der Waals surface area contributed by atoms with E-state index in [1.807, 2.05) is 6.07 Å². The first-order valence-electron chi connectivity index (χ1n) is 5.53. The van der Waals surface area contributed by atoms with E-state index in [9.17, 15) is 0 Å². The summed E-state index contributed by atoms with van der Waals surface area (Å²) >= 11 is 9.30. The summed E-state index contributed by atoms with van der Waals surface area (Å²) in [7, 11) is 0. The fourth-order valence-corrected chi connectivity index (χ4v) is 3.50. The lowest BCUT2D eigenvalue weighted by atomic mass is 10.3. The molecule has 0 radical (unpaired) electrons. The van der Waals surface area contributed by atoms with Crippen LogP contribution in [0.15, 0.2) is 12.1 Å². The number of rotatable bonds is 5. The monoisotopic (exact) mass is 286 g/mol. The van der Waals surface area contributed by atoms with Crippen LogP contribution in [0.1, 0.15) is 20.5 Å². The molecule has 0 aliphatic carbocycles. The average Bonchev–Trinajstić information content (AvgIpc) is 2.82. The van der Waals surface area contributed by atoms with Crippen molar-refractivity contribution in [1.82, 2.24) is 10.3 Å². The summed E-state index contributed by atoms with van der Waals surface area (Å²) in [6, 6.07) is 4.04. The van der Waals surface area contributed by atoms with Crippen molar-refractivity contribution < 1.29 is 0 Å². The van der Waals surface area contributed by atoms with Gasteiger partial charge in [0.15, 0.2) is 0 Å². The highest BCUT2D eigenvalue weighted by Gasteiger charge is 2.03. The minimum absolute atomic E-state index is 0.860. The molecule has 5 heteroatoms. The van der Waals surface area contributed by atoms with Crippen LogP contribution in [0.5, 0.6) is 0 Å². The molecule has 0 aromatic carbocycles. The molecule has 2 rings (SSSR count). The van der Waals surface area contributed by atoms with Crippen LogP contribution in [-0.2, 0) is 13.0 Å². The van der Waals surface area contributed by atoms with Gasteiger partial charge in [0.1, 0.15) is 5.01 Å². The Labute approximate surface area is 115 Å². The maximum absolute atomic E-state index is 5.88. The fraction of sp³-hybridized carbons (Fsp3) is 0.417. The molecule has 92 valence electrons. The molecule has 2 aromatic rings. The van der Waals surface area contributed by atoms with Crippen LogP contribution in [0, 0.1) is 13.8 Å². The van der Waals surface area contributed by atoms with E-state index in [0.717, 1.165) is 29.5 Å². The van der Waals surface area contributed by atoms with E-state index < -0.39 is 0 Å². The highest BCUT2D eigenvalue weighted by molar-refractivity contribution is 7.16. The molecule has 2 nitrogen and oxygen atoms in total. The van der Waals surface area contributed by atoms with Gasteiger partial charge >= 0.3 is 0 Å². The quantitative estimate of drug-likeness (QED) is 0.846. The summed E-state index contributed by atoms with van der Waals surface area (Å²) in [4.78, 5) is 7.14. The van der Waals surface area contributed by atoms with Crippen LogP contribution in [0.4, 0.5) is 0 Å². The number of nitrogens with one attached hydrogen (secondary N) is 1. The summed E-state index contributed by atoms with van der Waals surface area (Å²) in [5.74, 6) is 0. The Kier molecular flexibility index (Phi) is 4.56. The van der Waals surface area contributed by atoms with Crippen LogP contribution in [-0.4, -0.2) is 11.5 Å². The zero-order valence-corrected chi connectivity index (χ0v) is 12.3. The molecule has 0 fully saturated rings. The second-order valence-electron chi connectivity index (χ2n) is 3.88. The lowest BCUT2D eigenvalue weighted by molar-refractivity contribution is 0.686. The van der Waals surface area contributed by atoms with Crippen LogP contribution in [0.3, 0.4) is 0 Å². The van der Waals surface area contributed by atoms with Crippen molar-refractivity contribution in [1.29, 1.82) is 0 Å². The number of hydrogen-bond acceptors (Lipinski definition) is 4. The molecule has 17 heavy (non-hydrogen) atoms. The molecule has 1 N–H and O–H groups in total. The summed E-state index contributed by atoms with van der Waals surface area (Å²) in [5, 5.41) is 4.58. The topological polar surface area (TPSA) is 24.9 Å². The molecule has 0 saturated heterocycles. The second kappa shape index (κ2) is 5.96. The highest BCUT2D eigenvalue weighted by atomic mass is 35.5.